The lowest BCUT2D eigenvalue weighted by atomic mass is 10.0. The molecule has 3 heterocycles. The molecule has 0 radical (unpaired) electrons. The van der Waals surface area contributed by atoms with Gasteiger partial charge in [0.25, 0.3) is 0 Å². The minimum Gasteiger partial charge on any atom is -0.456 e. The lowest BCUT2D eigenvalue weighted by molar-refractivity contribution is 0.669. The molecule has 0 N–H and O–H groups in total. The van der Waals surface area contributed by atoms with Crippen molar-refractivity contribution >= 4 is 60.3 Å². The summed E-state index contributed by atoms with van der Waals surface area (Å²) < 4.78 is 8.42. The lowest BCUT2D eigenvalue weighted by Gasteiger charge is -2.09. The van der Waals surface area contributed by atoms with Gasteiger partial charge in [0.2, 0.25) is 0 Å². The molecule has 0 aliphatic rings. The molecule has 0 bridgehead atoms. The Kier molecular flexibility index (Phi) is 2.49. The monoisotopic (exact) mass is 358 g/mol. The Morgan fingerprint density at radius 3 is 2.25 bits per heavy atom. The van der Waals surface area contributed by atoms with Crippen LogP contribution in [0.3, 0.4) is 0 Å². The second-order valence-corrected chi connectivity index (χ2v) is 7.27. The largest absolute Gasteiger partial charge is 0.456 e. The first-order valence-electron chi connectivity index (χ1n) is 9.41. The van der Waals surface area contributed by atoms with Gasteiger partial charge in [-0.3, -0.25) is 4.40 Å². The molecule has 0 fully saturated rings. The van der Waals surface area contributed by atoms with E-state index in [1.165, 1.54) is 16.3 Å². The van der Waals surface area contributed by atoms with Crippen LogP contribution < -0.4 is 0 Å². The number of pyridine rings is 1. The number of benzene rings is 4. The van der Waals surface area contributed by atoms with E-state index in [9.17, 15) is 0 Å². The maximum atomic E-state index is 6.16. The molecule has 0 unspecified atom stereocenters. The average molecular weight is 358 g/mol. The van der Waals surface area contributed by atoms with E-state index in [-0.39, 0.29) is 0 Å². The first kappa shape index (κ1) is 14.2. The van der Waals surface area contributed by atoms with Gasteiger partial charge >= 0.3 is 0 Å². The normalized spacial score (nSPS) is 12.3. The van der Waals surface area contributed by atoms with E-state index in [2.05, 4.69) is 71.1 Å². The van der Waals surface area contributed by atoms with Gasteiger partial charge in [-0.2, -0.15) is 0 Å². The van der Waals surface area contributed by atoms with Crippen LogP contribution in [0.4, 0.5) is 0 Å². The Morgan fingerprint density at radius 2 is 1.32 bits per heavy atom. The van der Waals surface area contributed by atoms with Crippen LogP contribution in [0.5, 0.6) is 0 Å². The van der Waals surface area contributed by atoms with Gasteiger partial charge in [-0.25, -0.2) is 4.98 Å². The number of hydrogen-bond donors (Lipinski definition) is 0. The van der Waals surface area contributed by atoms with Gasteiger partial charge < -0.3 is 4.42 Å². The van der Waals surface area contributed by atoms with Crippen molar-refractivity contribution in [3.63, 3.8) is 0 Å². The molecule has 0 saturated carbocycles. The van der Waals surface area contributed by atoms with Crippen LogP contribution in [0, 0.1) is 0 Å². The molecular weight excluding hydrogens is 344 g/mol. The number of furan rings is 1. The van der Waals surface area contributed by atoms with Crippen molar-refractivity contribution in [1.82, 2.24) is 9.38 Å². The SMILES string of the molecule is c1ccc2c(c1)nc1c3cc4oc5ccccc5c4cc3c3ccccc3n21. The van der Waals surface area contributed by atoms with E-state index in [0.29, 0.717) is 0 Å². The fraction of sp³-hybridized carbons (Fsp3) is 0. The molecule has 130 valence electrons. The summed E-state index contributed by atoms with van der Waals surface area (Å²) in [5.41, 5.74) is 6.09. The van der Waals surface area contributed by atoms with Crippen LogP contribution in [0.25, 0.3) is 60.3 Å². The summed E-state index contributed by atoms with van der Waals surface area (Å²) in [4.78, 5) is 4.98. The Hall–Kier alpha value is -3.85. The van der Waals surface area contributed by atoms with Gasteiger partial charge in [0.15, 0.2) is 0 Å². The minimum absolute atomic E-state index is 0.901. The van der Waals surface area contributed by atoms with Gasteiger partial charge in [-0.15, -0.1) is 0 Å². The molecule has 7 aromatic rings. The standard InChI is InChI=1S/C25H14N2O/c1-4-10-21-15(7-1)17-13-18-16-8-2-6-12-23(16)28-24(18)14-19(17)25-26-20-9-3-5-11-22(20)27(21)25/h1-14H. The van der Waals surface area contributed by atoms with Crippen LogP contribution in [0.15, 0.2) is 89.3 Å². The third-order valence-corrected chi connectivity index (χ3v) is 5.75. The van der Waals surface area contributed by atoms with E-state index < -0.39 is 0 Å². The molecule has 3 nitrogen and oxygen atoms in total. The molecular formula is C25H14N2O. The summed E-state index contributed by atoms with van der Waals surface area (Å²) in [7, 11) is 0. The lowest BCUT2D eigenvalue weighted by Crippen LogP contribution is -1.91. The van der Waals surface area contributed by atoms with E-state index in [1.807, 2.05) is 18.2 Å². The highest BCUT2D eigenvalue weighted by atomic mass is 16.3. The molecule has 0 saturated heterocycles. The third kappa shape index (κ3) is 1.66. The van der Waals surface area contributed by atoms with Crippen LogP contribution >= 0.6 is 0 Å². The first-order valence-corrected chi connectivity index (χ1v) is 9.41. The summed E-state index contributed by atoms with van der Waals surface area (Å²) in [6, 6.07) is 29.5. The minimum atomic E-state index is 0.901. The van der Waals surface area contributed by atoms with Crippen molar-refractivity contribution in [1.29, 1.82) is 0 Å². The van der Waals surface area contributed by atoms with Crippen LogP contribution in [0.2, 0.25) is 0 Å². The fourth-order valence-electron chi connectivity index (χ4n) is 4.53. The van der Waals surface area contributed by atoms with Crippen LogP contribution in [0.1, 0.15) is 0 Å². The molecule has 3 heteroatoms. The van der Waals surface area contributed by atoms with Crippen molar-refractivity contribution in [3.05, 3.63) is 84.9 Å². The van der Waals surface area contributed by atoms with Gasteiger partial charge in [0.05, 0.1) is 16.6 Å². The first-order chi connectivity index (χ1) is 13.9. The third-order valence-electron chi connectivity index (χ3n) is 5.75. The molecule has 7 rings (SSSR count). The quantitative estimate of drug-likeness (QED) is 0.283. The summed E-state index contributed by atoms with van der Waals surface area (Å²) in [5.74, 6) is 0. The number of para-hydroxylation sites is 4. The highest BCUT2D eigenvalue weighted by Crippen LogP contribution is 2.37. The summed E-state index contributed by atoms with van der Waals surface area (Å²) >= 11 is 0. The molecule has 0 atom stereocenters. The van der Waals surface area contributed by atoms with Crippen LogP contribution in [-0.2, 0) is 0 Å². The zero-order chi connectivity index (χ0) is 18.2. The topological polar surface area (TPSA) is 30.4 Å². The summed E-state index contributed by atoms with van der Waals surface area (Å²) in [5, 5.41) is 5.84. The molecule has 0 spiro atoms. The summed E-state index contributed by atoms with van der Waals surface area (Å²) in [6.07, 6.45) is 0. The Bertz CT molecular complexity index is 1720. The van der Waals surface area contributed by atoms with Crippen molar-refractivity contribution < 1.29 is 4.42 Å². The molecule has 4 aromatic carbocycles. The number of aromatic nitrogens is 2. The van der Waals surface area contributed by atoms with Crippen LogP contribution in [-0.4, -0.2) is 9.38 Å². The van der Waals surface area contributed by atoms with Crippen molar-refractivity contribution in [3.8, 4) is 0 Å². The number of rotatable bonds is 0. The number of hydrogen-bond acceptors (Lipinski definition) is 2. The van der Waals surface area contributed by atoms with E-state index in [4.69, 9.17) is 9.40 Å². The van der Waals surface area contributed by atoms with Gasteiger partial charge in [-0.1, -0.05) is 48.5 Å². The highest BCUT2D eigenvalue weighted by molar-refractivity contribution is 6.20. The van der Waals surface area contributed by atoms with Crippen molar-refractivity contribution in [2.45, 2.75) is 0 Å². The Balaban J connectivity index is 1.83. The Morgan fingerprint density at radius 1 is 0.571 bits per heavy atom. The molecule has 0 amide bonds. The smallest absolute Gasteiger partial charge is 0.146 e. The second-order valence-electron chi connectivity index (χ2n) is 7.27. The fourth-order valence-corrected chi connectivity index (χ4v) is 4.53. The van der Waals surface area contributed by atoms with Gasteiger partial charge in [0.1, 0.15) is 16.8 Å². The summed E-state index contributed by atoms with van der Waals surface area (Å²) in [6.45, 7) is 0. The highest BCUT2D eigenvalue weighted by Gasteiger charge is 2.16. The number of nitrogens with zero attached hydrogens (tertiary/aromatic N) is 2. The molecule has 0 aliphatic heterocycles. The van der Waals surface area contributed by atoms with Gasteiger partial charge in [0, 0.05) is 21.5 Å². The van der Waals surface area contributed by atoms with E-state index >= 15 is 0 Å². The van der Waals surface area contributed by atoms with E-state index in [1.54, 1.807) is 0 Å². The van der Waals surface area contributed by atoms with Gasteiger partial charge in [-0.05, 0) is 41.8 Å². The van der Waals surface area contributed by atoms with Crippen molar-refractivity contribution in [2.24, 2.45) is 0 Å². The zero-order valence-corrected chi connectivity index (χ0v) is 14.9. The van der Waals surface area contributed by atoms with E-state index in [0.717, 1.165) is 44.0 Å². The zero-order valence-electron chi connectivity index (χ0n) is 14.9. The Labute approximate surface area is 159 Å². The van der Waals surface area contributed by atoms with Crippen molar-refractivity contribution in [2.75, 3.05) is 0 Å². The number of imidazole rings is 1. The molecule has 28 heavy (non-hydrogen) atoms. The molecule has 0 aliphatic carbocycles. The maximum absolute atomic E-state index is 6.16. The predicted octanol–water partition coefficient (Wildman–Crippen LogP) is 6.69. The maximum Gasteiger partial charge on any atom is 0.146 e. The number of fused-ring (bicyclic) bond motifs is 11. The second kappa shape index (κ2) is 4.90. The average Bonchev–Trinajstić information content (AvgIpc) is 3.31. The predicted molar refractivity (Wildman–Crippen MR) is 115 cm³/mol. The molecule has 3 aromatic heterocycles.